The average Bonchev–Trinajstić information content (AvgIpc) is 3.41. The molecule has 0 fully saturated rings. The number of aryl methyl sites for hydroxylation is 2. The summed E-state index contributed by atoms with van der Waals surface area (Å²) in [5.41, 5.74) is 5.19. The Labute approximate surface area is 217 Å². The molecule has 0 spiro atoms. The summed E-state index contributed by atoms with van der Waals surface area (Å²) in [5.74, 6) is 0. The first-order valence-corrected chi connectivity index (χ1v) is 14.0. The van der Waals surface area contributed by atoms with Crippen LogP contribution in [0, 0.1) is 13.8 Å². The first-order valence-electron chi connectivity index (χ1n) is 12.3. The van der Waals surface area contributed by atoms with Crippen molar-refractivity contribution in [1.29, 1.82) is 0 Å². The molecule has 2 heteroatoms. The maximum Gasteiger partial charge on any atom is 0.0361 e. The van der Waals surface area contributed by atoms with Crippen LogP contribution in [-0.2, 0) is 0 Å². The van der Waals surface area contributed by atoms with Crippen molar-refractivity contribution in [3.05, 3.63) is 108 Å². The van der Waals surface area contributed by atoms with E-state index in [1.54, 1.807) is 0 Å². The lowest BCUT2D eigenvalue weighted by Gasteiger charge is -2.04. The lowest BCUT2D eigenvalue weighted by atomic mass is 10.0. The second-order valence-corrected chi connectivity index (χ2v) is 12.2. The molecule has 0 atom stereocenters. The Morgan fingerprint density at radius 3 is 1.28 bits per heavy atom. The molecule has 6 aromatic carbocycles. The van der Waals surface area contributed by atoms with Crippen molar-refractivity contribution >= 4 is 84.6 Å². The van der Waals surface area contributed by atoms with Gasteiger partial charge in [0.25, 0.3) is 0 Å². The minimum atomic E-state index is 1.29. The van der Waals surface area contributed by atoms with Gasteiger partial charge in [-0.25, -0.2) is 0 Å². The molecule has 170 valence electrons. The molecule has 0 bridgehead atoms. The largest absolute Gasteiger partial charge is 0.135 e. The van der Waals surface area contributed by atoms with Crippen molar-refractivity contribution in [1.82, 2.24) is 0 Å². The standard InChI is InChI=1S/C34H22S2/c1-19-3-5-21-13-29-27-9-7-23(15-31(27)35-33(29)17-25(21)11-19)24-8-10-28-30-14-22-6-4-20(2)12-26(22)18-34(30)36-32(28)16-24/h3-18H,1-2H3. The molecule has 0 aliphatic rings. The molecule has 0 amide bonds. The SMILES string of the molecule is Cc1ccc2cc3c(cc2c1)sc1cc(-c2ccc4c(c2)sc2cc5cc(C)ccc5cc24)ccc13. The number of rotatable bonds is 1. The molecule has 2 aromatic heterocycles. The van der Waals surface area contributed by atoms with Crippen LogP contribution < -0.4 is 0 Å². The van der Waals surface area contributed by atoms with E-state index in [0.717, 1.165) is 0 Å². The van der Waals surface area contributed by atoms with E-state index in [4.69, 9.17) is 0 Å². The van der Waals surface area contributed by atoms with E-state index in [1.165, 1.54) is 84.1 Å². The fourth-order valence-electron chi connectivity index (χ4n) is 5.64. The fourth-order valence-corrected chi connectivity index (χ4v) is 7.99. The lowest BCUT2D eigenvalue weighted by Crippen LogP contribution is -1.78. The highest BCUT2D eigenvalue weighted by Gasteiger charge is 2.11. The van der Waals surface area contributed by atoms with Crippen LogP contribution in [0.1, 0.15) is 11.1 Å². The van der Waals surface area contributed by atoms with Gasteiger partial charge in [-0.15, -0.1) is 22.7 Å². The van der Waals surface area contributed by atoms with Crippen LogP contribution in [0.4, 0.5) is 0 Å². The Morgan fingerprint density at radius 1 is 0.361 bits per heavy atom. The quantitative estimate of drug-likeness (QED) is 0.213. The predicted octanol–water partition coefficient (Wildman–Crippen LogP) is 11.0. The van der Waals surface area contributed by atoms with Crippen LogP contribution >= 0.6 is 22.7 Å². The molecular weight excluding hydrogens is 473 g/mol. The lowest BCUT2D eigenvalue weighted by molar-refractivity contribution is 1.51. The van der Waals surface area contributed by atoms with E-state index in [0.29, 0.717) is 0 Å². The normalized spacial score (nSPS) is 12.2. The Hall–Kier alpha value is -3.72. The van der Waals surface area contributed by atoms with Crippen molar-refractivity contribution in [3.8, 4) is 11.1 Å². The van der Waals surface area contributed by atoms with Crippen molar-refractivity contribution in [3.63, 3.8) is 0 Å². The van der Waals surface area contributed by atoms with E-state index in [-0.39, 0.29) is 0 Å². The van der Waals surface area contributed by atoms with Gasteiger partial charge in [-0.1, -0.05) is 71.8 Å². The zero-order valence-corrected chi connectivity index (χ0v) is 21.7. The number of hydrogen-bond acceptors (Lipinski definition) is 2. The van der Waals surface area contributed by atoms with Crippen LogP contribution in [0.25, 0.3) is 73.0 Å². The van der Waals surface area contributed by atoms with E-state index in [9.17, 15) is 0 Å². The average molecular weight is 495 g/mol. The van der Waals surface area contributed by atoms with E-state index < -0.39 is 0 Å². The molecule has 8 rings (SSSR count). The molecule has 0 N–H and O–H groups in total. The molecule has 0 nitrogen and oxygen atoms in total. The Morgan fingerprint density at radius 2 is 0.806 bits per heavy atom. The molecule has 0 saturated carbocycles. The van der Waals surface area contributed by atoms with Crippen molar-refractivity contribution < 1.29 is 0 Å². The molecule has 0 aliphatic heterocycles. The highest BCUT2D eigenvalue weighted by Crippen LogP contribution is 2.41. The minimum Gasteiger partial charge on any atom is -0.135 e. The molecule has 0 unspecified atom stereocenters. The number of benzene rings is 6. The van der Waals surface area contributed by atoms with Gasteiger partial charge in [0.1, 0.15) is 0 Å². The van der Waals surface area contributed by atoms with Crippen molar-refractivity contribution in [2.45, 2.75) is 13.8 Å². The van der Waals surface area contributed by atoms with E-state index >= 15 is 0 Å². The zero-order chi connectivity index (χ0) is 24.0. The van der Waals surface area contributed by atoms with Gasteiger partial charge in [0, 0.05) is 40.3 Å². The van der Waals surface area contributed by atoms with Gasteiger partial charge in [0.2, 0.25) is 0 Å². The van der Waals surface area contributed by atoms with Gasteiger partial charge >= 0.3 is 0 Å². The molecule has 0 aliphatic carbocycles. The predicted molar refractivity (Wildman–Crippen MR) is 162 cm³/mol. The first kappa shape index (κ1) is 20.5. The smallest absolute Gasteiger partial charge is 0.0361 e. The summed E-state index contributed by atoms with van der Waals surface area (Å²) in [6.45, 7) is 4.33. The zero-order valence-electron chi connectivity index (χ0n) is 20.1. The topological polar surface area (TPSA) is 0 Å². The second-order valence-electron chi connectivity index (χ2n) is 10.0. The Kier molecular flexibility index (Phi) is 4.20. The highest BCUT2D eigenvalue weighted by molar-refractivity contribution is 7.26. The van der Waals surface area contributed by atoms with Crippen LogP contribution in [0.3, 0.4) is 0 Å². The third-order valence-electron chi connectivity index (χ3n) is 7.51. The molecule has 2 heterocycles. The Bertz CT molecular complexity index is 2010. The maximum atomic E-state index is 2.38. The minimum absolute atomic E-state index is 1.29. The summed E-state index contributed by atoms with van der Waals surface area (Å²) in [6, 6.07) is 36.9. The summed E-state index contributed by atoms with van der Waals surface area (Å²) in [7, 11) is 0. The molecule has 8 aromatic rings. The van der Waals surface area contributed by atoms with Crippen LogP contribution in [0.5, 0.6) is 0 Å². The summed E-state index contributed by atoms with van der Waals surface area (Å²) >= 11 is 3.81. The third-order valence-corrected chi connectivity index (χ3v) is 9.74. The molecule has 0 saturated heterocycles. The molecule has 0 radical (unpaired) electrons. The summed E-state index contributed by atoms with van der Waals surface area (Å²) < 4.78 is 5.44. The van der Waals surface area contributed by atoms with Crippen LogP contribution in [0.15, 0.2) is 97.1 Å². The van der Waals surface area contributed by atoms with E-state index in [2.05, 4.69) is 111 Å². The van der Waals surface area contributed by atoms with Crippen LogP contribution in [-0.4, -0.2) is 0 Å². The second kappa shape index (κ2) is 7.39. The van der Waals surface area contributed by atoms with Crippen molar-refractivity contribution in [2.75, 3.05) is 0 Å². The van der Waals surface area contributed by atoms with Gasteiger partial charge in [-0.2, -0.15) is 0 Å². The number of fused-ring (bicyclic) bond motifs is 8. The third kappa shape index (κ3) is 3.05. The molecular formula is C34H22S2. The number of thiophene rings is 2. The summed E-state index contributed by atoms with van der Waals surface area (Å²) in [5, 5.41) is 10.7. The van der Waals surface area contributed by atoms with Gasteiger partial charge in [0.15, 0.2) is 0 Å². The van der Waals surface area contributed by atoms with Gasteiger partial charge in [0.05, 0.1) is 0 Å². The van der Waals surface area contributed by atoms with Gasteiger partial charge in [-0.3, -0.25) is 0 Å². The van der Waals surface area contributed by atoms with E-state index in [1.807, 2.05) is 22.7 Å². The van der Waals surface area contributed by atoms with Crippen molar-refractivity contribution in [2.24, 2.45) is 0 Å². The monoisotopic (exact) mass is 494 g/mol. The first-order chi connectivity index (χ1) is 17.6. The van der Waals surface area contributed by atoms with Gasteiger partial charge < -0.3 is 0 Å². The summed E-state index contributed by atoms with van der Waals surface area (Å²) in [6.07, 6.45) is 0. The van der Waals surface area contributed by atoms with Gasteiger partial charge in [-0.05, 0) is 82.9 Å². The molecule has 36 heavy (non-hydrogen) atoms. The highest BCUT2D eigenvalue weighted by atomic mass is 32.1. The number of hydrogen-bond donors (Lipinski definition) is 0. The summed E-state index contributed by atoms with van der Waals surface area (Å²) in [4.78, 5) is 0. The van der Waals surface area contributed by atoms with Crippen LogP contribution in [0.2, 0.25) is 0 Å². The maximum absolute atomic E-state index is 2.38. The Balaban J connectivity index is 1.28. The fraction of sp³-hybridized carbons (Fsp3) is 0.0588.